The molecule has 0 heterocycles. The minimum atomic E-state index is -0.369. The number of ether oxygens (including phenoxy) is 1. The monoisotopic (exact) mass is 327 g/mol. The third-order valence-electron chi connectivity index (χ3n) is 4.56. The van der Waals surface area contributed by atoms with E-state index in [0.717, 1.165) is 31.4 Å². The molecular formula is C21H29NO2. The van der Waals surface area contributed by atoms with Gasteiger partial charge in [0, 0.05) is 5.69 Å². The van der Waals surface area contributed by atoms with Crippen LogP contribution in [0.1, 0.15) is 46.5 Å². The van der Waals surface area contributed by atoms with Gasteiger partial charge in [-0.2, -0.15) is 0 Å². The Morgan fingerprint density at radius 2 is 2.04 bits per heavy atom. The standard InChI is InChI=1S/C21H29NO2/c1-16(2)8-7-9-18-12-13-19(17(3)14-18)15-24-21(23)22-20-10-5-4-6-11-20/h4-6,8,10-12,17,19H,7,9,13-15H2,1-3H3,(H,22,23)/t17-,19-/m0/s1. The lowest BCUT2D eigenvalue weighted by molar-refractivity contribution is 0.122. The van der Waals surface area contributed by atoms with Gasteiger partial charge in [-0.3, -0.25) is 5.32 Å². The van der Waals surface area contributed by atoms with Crippen LogP contribution in [0.15, 0.2) is 53.6 Å². The van der Waals surface area contributed by atoms with Crippen LogP contribution in [0, 0.1) is 11.8 Å². The predicted molar refractivity (Wildman–Crippen MR) is 100 cm³/mol. The van der Waals surface area contributed by atoms with Gasteiger partial charge in [0.1, 0.15) is 0 Å². The highest BCUT2D eigenvalue weighted by atomic mass is 16.5. The quantitative estimate of drug-likeness (QED) is 0.655. The molecular weight excluding hydrogens is 298 g/mol. The highest BCUT2D eigenvalue weighted by Gasteiger charge is 2.23. The normalized spacial score (nSPS) is 20.0. The van der Waals surface area contributed by atoms with Crippen molar-refractivity contribution in [3.05, 3.63) is 53.6 Å². The number of hydrogen-bond acceptors (Lipinski definition) is 2. The van der Waals surface area contributed by atoms with Crippen molar-refractivity contribution in [1.29, 1.82) is 0 Å². The molecule has 0 spiro atoms. The highest BCUT2D eigenvalue weighted by molar-refractivity contribution is 5.84. The van der Waals surface area contributed by atoms with Crippen LogP contribution >= 0.6 is 0 Å². The summed E-state index contributed by atoms with van der Waals surface area (Å²) in [6.45, 7) is 7.03. The van der Waals surface area contributed by atoms with Gasteiger partial charge >= 0.3 is 6.09 Å². The van der Waals surface area contributed by atoms with Gasteiger partial charge in [0.15, 0.2) is 0 Å². The second-order valence-electron chi connectivity index (χ2n) is 6.95. The van der Waals surface area contributed by atoms with Crippen molar-refractivity contribution in [2.24, 2.45) is 11.8 Å². The molecule has 0 saturated carbocycles. The van der Waals surface area contributed by atoms with Gasteiger partial charge in [-0.05, 0) is 63.5 Å². The summed E-state index contributed by atoms with van der Waals surface area (Å²) in [6, 6.07) is 9.40. The fourth-order valence-corrected chi connectivity index (χ4v) is 3.05. The number of para-hydroxylation sites is 1. The number of hydrogen-bond donors (Lipinski definition) is 1. The fourth-order valence-electron chi connectivity index (χ4n) is 3.05. The van der Waals surface area contributed by atoms with Crippen molar-refractivity contribution in [2.45, 2.75) is 46.5 Å². The topological polar surface area (TPSA) is 38.3 Å². The van der Waals surface area contributed by atoms with Crippen molar-refractivity contribution in [1.82, 2.24) is 0 Å². The molecule has 2 rings (SSSR count). The molecule has 0 bridgehead atoms. The Kier molecular flexibility index (Phi) is 7.10. The number of carbonyl (C=O) groups excluding carboxylic acids is 1. The molecule has 1 amide bonds. The smallest absolute Gasteiger partial charge is 0.411 e. The average Bonchev–Trinajstić information content (AvgIpc) is 2.54. The Morgan fingerprint density at radius 3 is 2.71 bits per heavy atom. The van der Waals surface area contributed by atoms with E-state index in [1.54, 1.807) is 5.57 Å². The minimum absolute atomic E-state index is 0.369. The van der Waals surface area contributed by atoms with Gasteiger partial charge in [-0.25, -0.2) is 4.79 Å². The first kappa shape index (κ1) is 18.3. The first-order chi connectivity index (χ1) is 11.5. The SMILES string of the molecule is CC(C)=CCCC1=CC[C@@H](COC(=O)Nc2ccccc2)[C@@H](C)C1. The lowest BCUT2D eigenvalue weighted by atomic mass is 9.80. The second kappa shape index (κ2) is 9.31. The Bertz CT molecular complexity index is 585. The van der Waals surface area contributed by atoms with Crippen molar-refractivity contribution < 1.29 is 9.53 Å². The van der Waals surface area contributed by atoms with Crippen molar-refractivity contribution in [2.75, 3.05) is 11.9 Å². The zero-order chi connectivity index (χ0) is 17.4. The zero-order valence-corrected chi connectivity index (χ0v) is 15.0. The third kappa shape index (κ3) is 6.23. The van der Waals surface area contributed by atoms with Gasteiger partial charge in [0.05, 0.1) is 6.61 Å². The molecule has 2 atom stereocenters. The lowest BCUT2D eigenvalue weighted by Gasteiger charge is -2.28. The van der Waals surface area contributed by atoms with Crippen LogP contribution in [0.4, 0.5) is 10.5 Å². The molecule has 0 saturated heterocycles. The summed E-state index contributed by atoms with van der Waals surface area (Å²) < 4.78 is 5.41. The van der Waals surface area contributed by atoms with E-state index in [-0.39, 0.29) is 6.09 Å². The molecule has 0 unspecified atom stereocenters. The number of nitrogens with one attached hydrogen (secondary N) is 1. The van der Waals surface area contributed by atoms with Gasteiger partial charge < -0.3 is 4.74 Å². The summed E-state index contributed by atoms with van der Waals surface area (Å²) in [5.41, 5.74) is 3.70. The largest absolute Gasteiger partial charge is 0.449 e. The number of rotatable bonds is 6. The van der Waals surface area contributed by atoms with Crippen molar-refractivity contribution in [3.8, 4) is 0 Å². The number of anilines is 1. The predicted octanol–water partition coefficient (Wildman–Crippen LogP) is 5.95. The lowest BCUT2D eigenvalue weighted by Crippen LogP contribution is -2.25. The molecule has 0 radical (unpaired) electrons. The molecule has 1 aliphatic carbocycles. The van der Waals surface area contributed by atoms with Crippen molar-refractivity contribution >= 4 is 11.8 Å². The highest BCUT2D eigenvalue weighted by Crippen LogP contribution is 2.31. The van der Waals surface area contributed by atoms with Crippen LogP contribution in [0.2, 0.25) is 0 Å². The molecule has 0 fully saturated rings. The first-order valence-corrected chi connectivity index (χ1v) is 8.84. The van der Waals surface area contributed by atoms with E-state index >= 15 is 0 Å². The zero-order valence-electron chi connectivity index (χ0n) is 15.0. The van der Waals surface area contributed by atoms with Gasteiger partial charge in [0.2, 0.25) is 0 Å². The summed E-state index contributed by atoms with van der Waals surface area (Å²) in [6.07, 6.45) is 8.68. The maximum Gasteiger partial charge on any atom is 0.411 e. The summed E-state index contributed by atoms with van der Waals surface area (Å²) in [5, 5.41) is 2.76. The molecule has 3 nitrogen and oxygen atoms in total. The van der Waals surface area contributed by atoms with E-state index in [4.69, 9.17) is 4.74 Å². The molecule has 0 aliphatic heterocycles. The van der Waals surface area contributed by atoms with Crippen LogP contribution < -0.4 is 5.32 Å². The Labute approximate surface area is 145 Å². The molecule has 1 aromatic rings. The summed E-state index contributed by atoms with van der Waals surface area (Å²) in [4.78, 5) is 11.9. The van der Waals surface area contributed by atoms with Crippen LogP contribution in [-0.4, -0.2) is 12.7 Å². The summed E-state index contributed by atoms with van der Waals surface area (Å²) in [5.74, 6) is 0.972. The van der Waals surface area contributed by atoms with Gasteiger partial charge in [0.25, 0.3) is 0 Å². The maximum atomic E-state index is 11.9. The first-order valence-electron chi connectivity index (χ1n) is 8.84. The third-order valence-corrected chi connectivity index (χ3v) is 4.56. The molecule has 1 N–H and O–H groups in total. The van der Waals surface area contributed by atoms with Gasteiger partial charge in [-0.1, -0.05) is 48.4 Å². The number of allylic oxidation sites excluding steroid dienone is 4. The number of amides is 1. The fraction of sp³-hybridized carbons (Fsp3) is 0.476. The Morgan fingerprint density at radius 1 is 1.29 bits per heavy atom. The van der Waals surface area contributed by atoms with Crippen molar-refractivity contribution in [3.63, 3.8) is 0 Å². The van der Waals surface area contributed by atoms with Gasteiger partial charge in [-0.15, -0.1) is 0 Å². The molecule has 0 aromatic heterocycles. The summed E-state index contributed by atoms with van der Waals surface area (Å²) >= 11 is 0. The second-order valence-corrected chi connectivity index (χ2v) is 6.95. The van der Waals surface area contributed by atoms with E-state index < -0.39 is 0 Å². The molecule has 24 heavy (non-hydrogen) atoms. The Balaban J connectivity index is 1.74. The molecule has 1 aliphatic rings. The molecule has 1 aromatic carbocycles. The van der Waals surface area contributed by atoms with E-state index in [9.17, 15) is 4.79 Å². The van der Waals surface area contributed by atoms with Crippen LogP contribution in [0.3, 0.4) is 0 Å². The average molecular weight is 327 g/mol. The van der Waals surface area contributed by atoms with E-state index in [1.807, 2.05) is 30.3 Å². The molecule has 130 valence electrons. The van der Waals surface area contributed by atoms with E-state index in [0.29, 0.717) is 18.4 Å². The maximum absolute atomic E-state index is 11.9. The van der Waals surface area contributed by atoms with Crippen LogP contribution in [0.5, 0.6) is 0 Å². The Hall–Kier alpha value is -2.03. The number of carbonyl (C=O) groups is 1. The minimum Gasteiger partial charge on any atom is -0.449 e. The van der Waals surface area contributed by atoms with Crippen LogP contribution in [0.25, 0.3) is 0 Å². The van der Waals surface area contributed by atoms with E-state index in [2.05, 4.69) is 38.2 Å². The van der Waals surface area contributed by atoms with Crippen LogP contribution in [-0.2, 0) is 4.74 Å². The number of benzene rings is 1. The van der Waals surface area contributed by atoms with E-state index in [1.165, 1.54) is 5.57 Å². The summed E-state index contributed by atoms with van der Waals surface area (Å²) in [7, 11) is 0. The molecule has 3 heteroatoms.